The number of rotatable bonds is 3. The number of aliphatic carboxylic acids is 1. The predicted octanol–water partition coefficient (Wildman–Crippen LogP) is 0.471. The fraction of sp³-hybridized carbons (Fsp3) is 0.750. The van der Waals surface area contributed by atoms with Gasteiger partial charge in [-0.1, -0.05) is 13.3 Å². The number of carbonyl (C=O) groups is 2. The highest BCUT2D eigenvalue weighted by atomic mass is 32.2. The molecule has 1 aliphatic heterocycles. The van der Waals surface area contributed by atoms with Crippen LogP contribution in [0.15, 0.2) is 0 Å². The second kappa shape index (κ2) is 4.50. The van der Waals surface area contributed by atoms with Crippen molar-refractivity contribution in [2.75, 3.05) is 5.75 Å². The Balaban J connectivity index is 2.46. The summed E-state index contributed by atoms with van der Waals surface area (Å²) >= 11 is 1.44. The van der Waals surface area contributed by atoms with Crippen LogP contribution in [0.1, 0.15) is 19.8 Å². The monoisotopic (exact) mass is 203 g/mol. The first-order valence-electron chi connectivity index (χ1n) is 4.30. The number of carboxylic acids is 1. The van der Waals surface area contributed by atoms with E-state index >= 15 is 0 Å². The van der Waals surface area contributed by atoms with Crippen molar-refractivity contribution in [1.82, 2.24) is 5.32 Å². The van der Waals surface area contributed by atoms with E-state index in [2.05, 4.69) is 5.32 Å². The zero-order chi connectivity index (χ0) is 9.84. The molecule has 0 spiro atoms. The Labute approximate surface area is 81.1 Å². The zero-order valence-electron chi connectivity index (χ0n) is 7.45. The molecule has 2 N–H and O–H groups in total. The van der Waals surface area contributed by atoms with Crippen LogP contribution in [0.5, 0.6) is 0 Å². The number of amides is 1. The maximum absolute atomic E-state index is 11.3. The third kappa shape index (κ3) is 2.62. The van der Waals surface area contributed by atoms with E-state index in [-0.39, 0.29) is 11.2 Å². The van der Waals surface area contributed by atoms with E-state index in [4.69, 9.17) is 5.11 Å². The Morgan fingerprint density at radius 1 is 1.77 bits per heavy atom. The van der Waals surface area contributed by atoms with Gasteiger partial charge >= 0.3 is 5.97 Å². The summed E-state index contributed by atoms with van der Waals surface area (Å²) in [6, 6.07) is -0.703. The van der Waals surface area contributed by atoms with Crippen molar-refractivity contribution in [3.63, 3.8) is 0 Å². The Morgan fingerprint density at radius 3 is 2.92 bits per heavy atom. The second-order valence-electron chi connectivity index (χ2n) is 3.01. The van der Waals surface area contributed by atoms with Crippen LogP contribution < -0.4 is 5.32 Å². The summed E-state index contributed by atoms with van der Waals surface area (Å²) in [5.41, 5.74) is 0. The van der Waals surface area contributed by atoms with Gasteiger partial charge in [0.25, 0.3) is 0 Å². The number of hydrogen-bond donors (Lipinski definition) is 2. The van der Waals surface area contributed by atoms with Gasteiger partial charge in [-0.2, -0.15) is 0 Å². The molecule has 0 radical (unpaired) electrons. The Hall–Kier alpha value is -0.710. The molecule has 5 heteroatoms. The smallest absolute Gasteiger partial charge is 0.327 e. The lowest BCUT2D eigenvalue weighted by Gasteiger charge is -2.25. The number of carbonyl (C=O) groups excluding carboxylic acids is 1. The number of nitrogens with one attached hydrogen (secondary N) is 1. The Bertz CT molecular complexity index is 219. The van der Waals surface area contributed by atoms with Crippen LogP contribution in [0.25, 0.3) is 0 Å². The highest BCUT2D eigenvalue weighted by Crippen LogP contribution is 2.21. The molecule has 1 rings (SSSR count). The van der Waals surface area contributed by atoms with Crippen LogP contribution in [0.4, 0.5) is 0 Å². The van der Waals surface area contributed by atoms with Crippen LogP contribution in [0.2, 0.25) is 0 Å². The summed E-state index contributed by atoms with van der Waals surface area (Å²) in [6.45, 7) is 2.01. The van der Waals surface area contributed by atoms with Crippen molar-refractivity contribution in [1.29, 1.82) is 0 Å². The molecule has 1 aliphatic rings. The maximum Gasteiger partial charge on any atom is 0.327 e. The molecule has 74 valence electrons. The Morgan fingerprint density at radius 2 is 2.46 bits per heavy atom. The minimum Gasteiger partial charge on any atom is -0.480 e. The van der Waals surface area contributed by atoms with Gasteiger partial charge in [-0.05, 0) is 6.42 Å². The quantitative estimate of drug-likeness (QED) is 0.699. The van der Waals surface area contributed by atoms with Crippen LogP contribution >= 0.6 is 11.8 Å². The van der Waals surface area contributed by atoms with Gasteiger partial charge < -0.3 is 10.4 Å². The van der Waals surface area contributed by atoms with E-state index in [0.29, 0.717) is 5.75 Å². The molecule has 2 unspecified atom stereocenters. The van der Waals surface area contributed by atoms with Gasteiger partial charge in [-0.25, -0.2) is 4.79 Å². The topological polar surface area (TPSA) is 66.4 Å². The molecule has 2 atom stereocenters. The number of thioether (sulfide) groups is 1. The Kier molecular flexibility index (Phi) is 3.59. The maximum atomic E-state index is 11.3. The lowest BCUT2D eigenvalue weighted by atomic mass is 10.2. The van der Waals surface area contributed by atoms with Gasteiger partial charge in [0.1, 0.15) is 6.04 Å². The summed E-state index contributed by atoms with van der Waals surface area (Å²) in [4.78, 5) is 21.8. The SMILES string of the molecule is CCCC1SCC(C(=O)O)NC1=O. The summed E-state index contributed by atoms with van der Waals surface area (Å²) in [7, 11) is 0. The minimum atomic E-state index is -0.948. The molecule has 1 fully saturated rings. The molecule has 1 amide bonds. The lowest BCUT2D eigenvalue weighted by molar-refractivity contribution is -0.141. The van der Waals surface area contributed by atoms with Crippen LogP contribution in [0, 0.1) is 0 Å². The third-order valence-corrected chi connectivity index (χ3v) is 3.30. The van der Waals surface area contributed by atoms with E-state index in [1.807, 2.05) is 6.92 Å². The molecule has 0 aliphatic carbocycles. The van der Waals surface area contributed by atoms with Gasteiger partial charge in [0.05, 0.1) is 5.25 Å². The zero-order valence-corrected chi connectivity index (χ0v) is 8.26. The van der Waals surface area contributed by atoms with Crippen LogP contribution in [-0.4, -0.2) is 34.0 Å². The number of carboxylic acid groups (broad SMARTS) is 1. The van der Waals surface area contributed by atoms with E-state index in [1.165, 1.54) is 11.8 Å². The van der Waals surface area contributed by atoms with Crippen molar-refractivity contribution in [2.24, 2.45) is 0 Å². The first-order valence-corrected chi connectivity index (χ1v) is 5.34. The average Bonchev–Trinajstić information content (AvgIpc) is 2.08. The predicted molar refractivity (Wildman–Crippen MR) is 50.7 cm³/mol. The van der Waals surface area contributed by atoms with Gasteiger partial charge in [-0.15, -0.1) is 11.8 Å². The summed E-state index contributed by atoms with van der Waals surface area (Å²) < 4.78 is 0. The average molecular weight is 203 g/mol. The van der Waals surface area contributed by atoms with Crippen molar-refractivity contribution in [2.45, 2.75) is 31.1 Å². The fourth-order valence-electron chi connectivity index (χ4n) is 1.20. The first kappa shape index (κ1) is 10.4. The normalized spacial score (nSPS) is 28.2. The molecular weight excluding hydrogens is 190 g/mol. The van der Waals surface area contributed by atoms with Gasteiger partial charge in [0.2, 0.25) is 5.91 Å². The van der Waals surface area contributed by atoms with Crippen molar-refractivity contribution >= 4 is 23.6 Å². The van der Waals surface area contributed by atoms with E-state index in [9.17, 15) is 9.59 Å². The first-order chi connectivity index (χ1) is 6.15. The molecule has 0 aromatic carbocycles. The minimum absolute atomic E-state index is 0.0550. The summed E-state index contributed by atoms with van der Waals surface area (Å²) in [6.07, 6.45) is 1.77. The van der Waals surface area contributed by atoms with E-state index in [1.54, 1.807) is 0 Å². The van der Waals surface area contributed by atoms with Crippen LogP contribution in [0.3, 0.4) is 0 Å². The highest BCUT2D eigenvalue weighted by Gasteiger charge is 2.31. The van der Waals surface area contributed by atoms with Gasteiger partial charge in [0.15, 0.2) is 0 Å². The summed E-state index contributed by atoms with van der Waals surface area (Å²) in [5, 5.41) is 11.1. The third-order valence-electron chi connectivity index (χ3n) is 1.92. The molecule has 0 aromatic rings. The molecule has 1 saturated heterocycles. The molecular formula is C8H13NO3S. The van der Waals surface area contributed by atoms with Crippen molar-refractivity contribution in [3.8, 4) is 0 Å². The molecule has 0 bridgehead atoms. The highest BCUT2D eigenvalue weighted by molar-refractivity contribution is 8.00. The molecule has 0 aromatic heterocycles. The molecule has 0 saturated carbocycles. The van der Waals surface area contributed by atoms with Gasteiger partial charge in [-0.3, -0.25) is 4.79 Å². The molecule has 1 heterocycles. The van der Waals surface area contributed by atoms with E-state index in [0.717, 1.165) is 12.8 Å². The van der Waals surface area contributed by atoms with Crippen molar-refractivity contribution in [3.05, 3.63) is 0 Å². The molecule has 4 nitrogen and oxygen atoms in total. The second-order valence-corrected chi connectivity index (χ2v) is 4.25. The van der Waals surface area contributed by atoms with Crippen LogP contribution in [-0.2, 0) is 9.59 Å². The fourth-order valence-corrected chi connectivity index (χ4v) is 2.48. The standard InChI is InChI=1S/C8H13NO3S/c1-2-3-6-7(10)9-5(4-13-6)8(11)12/h5-6H,2-4H2,1H3,(H,9,10)(H,11,12). The lowest BCUT2D eigenvalue weighted by Crippen LogP contribution is -2.50. The number of hydrogen-bond acceptors (Lipinski definition) is 3. The van der Waals surface area contributed by atoms with Crippen molar-refractivity contribution < 1.29 is 14.7 Å². The van der Waals surface area contributed by atoms with E-state index < -0.39 is 12.0 Å². The largest absolute Gasteiger partial charge is 0.480 e. The van der Waals surface area contributed by atoms with Gasteiger partial charge in [0, 0.05) is 5.75 Å². The molecule has 13 heavy (non-hydrogen) atoms. The summed E-state index contributed by atoms with van der Waals surface area (Å²) in [5.74, 6) is -0.604.